The third-order valence-corrected chi connectivity index (χ3v) is 5.58. The molecule has 3 heterocycles. The highest BCUT2D eigenvalue weighted by atomic mass is 32.1. The van der Waals surface area contributed by atoms with Gasteiger partial charge < -0.3 is 5.32 Å². The lowest BCUT2D eigenvalue weighted by atomic mass is 9.87. The van der Waals surface area contributed by atoms with Gasteiger partial charge in [0.15, 0.2) is 0 Å². The molecule has 4 aromatic rings. The molecule has 5 rings (SSSR count). The Balaban J connectivity index is 1.64. The molecular weight excluding hydrogens is 370 g/mol. The number of carbonyl (C=O) groups is 1. The van der Waals surface area contributed by atoms with Gasteiger partial charge in [0.2, 0.25) is 11.0 Å². The van der Waals surface area contributed by atoms with Crippen LogP contribution in [0.25, 0.3) is 15.3 Å². The summed E-state index contributed by atoms with van der Waals surface area (Å²) in [4.78, 5) is 16.8. The summed E-state index contributed by atoms with van der Waals surface area (Å²) in [5.74, 6) is -1.56. The van der Waals surface area contributed by atoms with Crippen molar-refractivity contribution in [2.45, 2.75) is 12.3 Å². The summed E-state index contributed by atoms with van der Waals surface area (Å²) in [5, 5.41) is 7.82. The molecule has 0 saturated carbocycles. The Labute approximate surface area is 156 Å². The molecular formula is C19H12F2N4OS. The molecule has 0 radical (unpaired) electrons. The number of rotatable bonds is 2. The van der Waals surface area contributed by atoms with Crippen LogP contribution in [-0.2, 0) is 4.79 Å². The molecule has 27 heavy (non-hydrogen) atoms. The zero-order chi connectivity index (χ0) is 18.5. The largest absolute Gasteiger partial charge is 0.310 e. The van der Waals surface area contributed by atoms with E-state index in [0.717, 1.165) is 16.3 Å². The van der Waals surface area contributed by atoms with Gasteiger partial charge in [0, 0.05) is 24.0 Å². The predicted molar refractivity (Wildman–Crippen MR) is 98.2 cm³/mol. The fraction of sp³-hybridized carbons (Fsp3) is 0.105. The zero-order valence-electron chi connectivity index (χ0n) is 13.8. The van der Waals surface area contributed by atoms with Gasteiger partial charge in [0.05, 0.1) is 16.4 Å². The van der Waals surface area contributed by atoms with Crippen molar-refractivity contribution in [2.75, 3.05) is 5.32 Å². The first-order valence-corrected chi connectivity index (χ1v) is 9.10. The summed E-state index contributed by atoms with van der Waals surface area (Å²) < 4.78 is 29.9. The second-order valence-electron chi connectivity index (χ2n) is 6.33. The number of halogens is 2. The number of benzene rings is 2. The van der Waals surface area contributed by atoms with Crippen LogP contribution >= 0.6 is 11.3 Å². The molecule has 1 N–H and O–H groups in total. The Morgan fingerprint density at radius 1 is 1.15 bits per heavy atom. The number of nitrogens with zero attached hydrogens (tertiary/aromatic N) is 3. The average Bonchev–Trinajstić information content (AvgIpc) is 3.23. The van der Waals surface area contributed by atoms with E-state index in [1.54, 1.807) is 10.9 Å². The second-order valence-corrected chi connectivity index (χ2v) is 7.34. The quantitative estimate of drug-likeness (QED) is 0.564. The van der Waals surface area contributed by atoms with Gasteiger partial charge in [-0.25, -0.2) is 13.8 Å². The van der Waals surface area contributed by atoms with Gasteiger partial charge in [-0.3, -0.25) is 4.79 Å². The highest BCUT2D eigenvalue weighted by Crippen LogP contribution is 2.39. The molecule has 0 spiro atoms. The molecule has 134 valence electrons. The van der Waals surface area contributed by atoms with Crippen LogP contribution in [0.3, 0.4) is 0 Å². The van der Waals surface area contributed by atoms with Gasteiger partial charge in [-0.15, -0.1) is 0 Å². The Bertz CT molecular complexity index is 1150. The molecule has 1 aliphatic heterocycles. The smallest absolute Gasteiger partial charge is 0.226 e. The maximum atomic E-state index is 13.7. The predicted octanol–water partition coefficient (Wildman–Crippen LogP) is 4.23. The standard InChI is InChI=1S/C19H12F2N4OS/c20-11-5-10(6-12(21)7-11)13-8-17(26)24-18-14(13)9-22-25(18)19-23-15-3-1-2-4-16(15)27-19/h1-7,9,13H,8H2,(H,24,26). The maximum absolute atomic E-state index is 13.7. The molecule has 8 heteroatoms. The molecule has 1 atom stereocenters. The molecule has 5 nitrogen and oxygen atoms in total. The molecule has 2 aromatic heterocycles. The van der Waals surface area contributed by atoms with Gasteiger partial charge in [-0.1, -0.05) is 23.5 Å². The van der Waals surface area contributed by atoms with Crippen LogP contribution in [-0.4, -0.2) is 20.7 Å². The van der Waals surface area contributed by atoms with Crippen molar-refractivity contribution in [1.29, 1.82) is 0 Å². The van der Waals surface area contributed by atoms with E-state index in [1.165, 1.54) is 23.5 Å². The SMILES string of the molecule is O=C1CC(c2cc(F)cc(F)c2)c2cnn(-c3nc4ccccc4s3)c2N1. The van der Waals surface area contributed by atoms with Gasteiger partial charge in [0.1, 0.15) is 17.5 Å². The first-order valence-electron chi connectivity index (χ1n) is 8.28. The number of aromatic nitrogens is 3. The molecule has 0 saturated heterocycles. The van der Waals surface area contributed by atoms with E-state index in [9.17, 15) is 13.6 Å². The molecule has 1 aliphatic rings. The number of amides is 1. The van der Waals surface area contributed by atoms with Gasteiger partial charge >= 0.3 is 0 Å². The number of hydrogen-bond acceptors (Lipinski definition) is 4. The van der Waals surface area contributed by atoms with Crippen LogP contribution in [0, 0.1) is 11.6 Å². The van der Waals surface area contributed by atoms with E-state index in [0.29, 0.717) is 22.1 Å². The van der Waals surface area contributed by atoms with Crippen LogP contribution in [0.2, 0.25) is 0 Å². The Hall–Kier alpha value is -3.13. The molecule has 1 unspecified atom stereocenters. The second kappa shape index (κ2) is 5.95. The van der Waals surface area contributed by atoms with E-state index in [-0.39, 0.29) is 12.3 Å². The maximum Gasteiger partial charge on any atom is 0.226 e. The van der Waals surface area contributed by atoms with E-state index in [2.05, 4.69) is 15.4 Å². The number of para-hydroxylation sites is 1. The first-order chi connectivity index (χ1) is 13.1. The minimum Gasteiger partial charge on any atom is -0.310 e. The third-order valence-electron chi connectivity index (χ3n) is 4.57. The normalized spacial score (nSPS) is 16.4. The third kappa shape index (κ3) is 2.69. The lowest BCUT2D eigenvalue weighted by Crippen LogP contribution is -2.24. The lowest BCUT2D eigenvalue weighted by Gasteiger charge is -2.23. The molecule has 2 aromatic carbocycles. The fourth-order valence-corrected chi connectivity index (χ4v) is 4.32. The van der Waals surface area contributed by atoms with Crippen molar-refractivity contribution in [3.63, 3.8) is 0 Å². The van der Waals surface area contributed by atoms with Crippen molar-refractivity contribution < 1.29 is 13.6 Å². The molecule has 0 aliphatic carbocycles. The monoisotopic (exact) mass is 382 g/mol. The van der Waals surface area contributed by atoms with E-state index in [4.69, 9.17) is 0 Å². The van der Waals surface area contributed by atoms with Crippen molar-refractivity contribution in [1.82, 2.24) is 14.8 Å². The Morgan fingerprint density at radius 3 is 2.70 bits per heavy atom. The highest BCUT2D eigenvalue weighted by molar-refractivity contribution is 7.20. The van der Waals surface area contributed by atoms with Crippen LogP contribution in [0.15, 0.2) is 48.7 Å². The molecule has 0 bridgehead atoms. The summed E-state index contributed by atoms with van der Waals surface area (Å²) >= 11 is 1.45. The number of hydrogen-bond donors (Lipinski definition) is 1. The lowest BCUT2D eigenvalue weighted by molar-refractivity contribution is -0.116. The van der Waals surface area contributed by atoms with Crippen molar-refractivity contribution in [2.24, 2.45) is 0 Å². The van der Waals surface area contributed by atoms with Gasteiger partial charge in [-0.05, 0) is 29.8 Å². The minimum absolute atomic E-state index is 0.0986. The fourth-order valence-electron chi connectivity index (χ4n) is 3.39. The van der Waals surface area contributed by atoms with Crippen LogP contribution in [0.4, 0.5) is 14.6 Å². The Morgan fingerprint density at radius 2 is 1.93 bits per heavy atom. The number of anilines is 1. The van der Waals surface area contributed by atoms with Gasteiger partial charge in [-0.2, -0.15) is 9.78 Å². The van der Waals surface area contributed by atoms with E-state index >= 15 is 0 Å². The summed E-state index contributed by atoms with van der Waals surface area (Å²) in [6.45, 7) is 0. The van der Waals surface area contributed by atoms with Gasteiger partial charge in [0.25, 0.3) is 0 Å². The summed E-state index contributed by atoms with van der Waals surface area (Å²) in [7, 11) is 0. The van der Waals surface area contributed by atoms with Crippen LogP contribution in [0.1, 0.15) is 23.5 Å². The van der Waals surface area contributed by atoms with Crippen molar-refractivity contribution in [3.8, 4) is 5.13 Å². The summed E-state index contributed by atoms with van der Waals surface area (Å²) in [6.07, 6.45) is 1.72. The van der Waals surface area contributed by atoms with Crippen molar-refractivity contribution in [3.05, 3.63) is 71.4 Å². The first kappa shape index (κ1) is 16.1. The number of nitrogens with one attached hydrogen (secondary N) is 1. The summed E-state index contributed by atoms with van der Waals surface area (Å²) in [6, 6.07) is 11.0. The molecule has 1 amide bonds. The zero-order valence-corrected chi connectivity index (χ0v) is 14.6. The number of thiazole rings is 1. The number of fused-ring (bicyclic) bond motifs is 2. The van der Waals surface area contributed by atoms with Crippen molar-refractivity contribution >= 4 is 33.3 Å². The topological polar surface area (TPSA) is 59.8 Å². The van der Waals surface area contributed by atoms with E-state index in [1.807, 2.05) is 24.3 Å². The van der Waals surface area contributed by atoms with Crippen LogP contribution < -0.4 is 5.32 Å². The number of carbonyl (C=O) groups excluding carboxylic acids is 1. The summed E-state index contributed by atoms with van der Waals surface area (Å²) in [5.41, 5.74) is 1.96. The Kier molecular flexibility index (Phi) is 3.54. The van der Waals surface area contributed by atoms with E-state index < -0.39 is 17.6 Å². The average molecular weight is 382 g/mol. The molecule has 0 fully saturated rings. The minimum atomic E-state index is -0.670. The van der Waals surface area contributed by atoms with Crippen LogP contribution in [0.5, 0.6) is 0 Å². The highest BCUT2D eigenvalue weighted by Gasteiger charge is 2.31.